The van der Waals surface area contributed by atoms with Crippen molar-refractivity contribution >= 4 is 11.9 Å². The van der Waals surface area contributed by atoms with Gasteiger partial charge in [-0.25, -0.2) is 4.79 Å². The van der Waals surface area contributed by atoms with Gasteiger partial charge in [0.2, 0.25) is 0 Å². The molecule has 152 valence electrons. The van der Waals surface area contributed by atoms with Crippen molar-refractivity contribution in [2.45, 2.75) is 44.1 Å². The van der Waals surface area contributed by atoms with Gasteiger partial charge in [0, 0.05) is 13.1 Å². The summed E-state index contributed by atoms with van der Waals surface area (Å²) in [7, 11) is 0.794. The predicted molar refractivity (Wildman–Crippen MR) is 83.9 cm³/mol. The molecular weight excluding hydrogens is 380 g/mol. The highest BCUT2D eigenvalue weighted by molar-refractivity contribution is 5.88. The van der Waals surface area contributed by atoms with Crippen LogP contribution in [0.2, 0.25) is 0 Å². The van der Waals surface area contributed by atoms with Gasteiger partial charge >= 0.3 is 23.7 Å². The fourth-order valence-electron chi connectivity index (χ4n) is 2.20. The topological polar surface area (TPSA) is 46.6 Å². The molecule has 1 aromatic rings. The van der Waals surface area contributed by atoms with Crippen LogP contribution in [0.15, 0.2) is 30.3 Å². The Morgan fingerprint density at radius 2 is 1.56 bits per heavy atom. The van der Waals surface area contributed by atoms with Crippen LogP contribution in [-0.2, 0) is 20.7 Å². The minimum Gasteiger partial charge on any atom is -0.461 e. The number of amides is 1. The monoisotopic (exact) mass is 399 g/mol. The number of carbonyl (C=O) groups is 2. The summed E-state index contributed by atoms with van der Waals surface area (Å²) in [5, 5.41) is 0. The zero-order valence-electron chi connectivity index (χ0n) is 14.8. The summed E-state index contributed by atoms with van der Waals surface area (Å²) in [5.41, 5.74) is 0.622. The zero-order valence-corrected chi connectivity index (χ0v) is 14.8. The molecule has 0 fully saturated rings. The van der Waals surface area contributed by atoms with E-state index in [1.54, 1.807) is 30.3 Å². The number of likely N-dealkylation sites (N-methyl/N-ethyl adjacent to an activating group) is 1. The van der Waals surface area contributed by atoms with E-state index < -0.39 is 42.3 Å². The number of nitrogens with zero attached hydrogens (tertiary/aromatic N) is 1. The van der Waals surface area contributed by atoms with Crippen LogP contribution >= 0.6 is 0 Å². The molecule has 0 radical (unpaired) electrons. The molecule has 1 aromatic carbocycles. The van der Waals surface area contributed by atoms with Crippen molar-refractivity contribution in [2.24, 2.45) is 0 Å². The van der Waals surface area contributed by atoms with Crippen LogP contribution in [0, 0.1) is 0 Å². The van der Waals surface area contributed by atoms with E-state index in [0.717, 1.165) is 14.0 Å². The molecule has 0 saturated carbocycles. The lowest BCUT2D eigenvalue weighted by Gasteiger charge is -2.34. The lowest BCUT2D eigenvalue weighted by Crippen LogP contribution is -2.64. The van der Waals surface area contributed by atoms with Gasteiger partial charge in [-0.05, 0) is 25.8 Å². The normalized spacial score (nSPS) is 13.8. The highest BCUT2D eigenvalue weighted by Crippen LogP contribution is 2.47. The molecule has 4 nitrogen and oxygen atoms in total. The maximum absolute atomic E-state index is 14.0. The van der Waals surface area contributed by atoms with E-state index in [4.69, 9.17) is 0 Å². The number of esters is 1. The second-order valence-electron chi connectivity index (χ2n) is 5.90. The molecule has 0 aliphatic heterocycles. The number of halogens is 6. The molecule has 0 aromatic heterocycles. The van der Waals surface area contributed by atoms with Crippen LogP contribution in [0.25, 0.3) is 0 Å². The van der Waals surface area contributed by atoms with Crippen LogP contribution in [0.4, 0.5) is 26.3 Å². The van der Waals surface area contributed by atoms with E-state index in [1.807, 2.05) is 0 Å². The van der Waals surface area contributed by atoms with Gasteiger partial charge in [-0.15, -0.1) is 0 Å². The molecule has 0 spiro atoms. The summed E-state index contributed by atoms with van der Waals surface area (Å²) < 4.78 is 86.5. The molecule has 0 aliphatic rings. The summed E-state index contributed by atoms with van der Waals surface area (Å²) in [6.07, 6.45) is 0.0268. The quantitative estimate of drug-likeness (QED) is 0.496. The third-order valence-electron chi connectivity index (χ3n) is 3.94. The maximum atomic E-state index is 14.0. The Balaban J connectivity index is 3.05. The first-order valence-corrected chi connectivity index (χ1v) is 7.92. The molecule has 0 N–H and O–H groups in total. The Bertz CT molecular complexity index is 666. The van der Waals surface area contributed by atoms with Crippen LogP contribution < -0.4 is 0 Å². The van der Waals surface area contributed by atoms with Crippen LogP contribution in [0.3, 0.4) is 0 Å². The van der Waals surface area contributed by atoms with E-state index in [1.165, 1.54) is 6.92 Å². The van der Waals surface area contributed by atoms with Crippen molar-refractivity contribution in [3.63, 3.8) is 0 Å². The van der Waals surface area contributed by atoms with Gasteiger partial charge in [-0.2, -0.15) is 26.3 Å². The average molecular weight is 399 g/mol. The largest absolute Gasteiger partial charge is 0.461 e. The fraction of sp³-hybridized carbons (Fsp3) is 0.529. The first-order valence-electron chi connectivity index (χ1n) is 7.92. The molecule has 1 unspecified atom stereocenters. The molecule has 0 heterocycles. The van der Waals surface area contributed by atoms with E-state index >= 15 is 0 Å². The summed E-state index contributed by atoms with van der Waals surface area (Å²) in [6, 6.07) is 7.22. The van der Waals surface area contributed by atoms with Crippen molar-refractivity contribution in [3.05, 3.63) is 35.9 Å². The van der Waals surface area contributed by atoms with Gasteiger partial charge in [0.25, 0.3) is 5.91 Å². The number of carbonyl (C=O) groups excluding carboxylic acids is 2. The molecule has 0 aliphatic carbocycles. The highest BCUT2D eigenvalue weighted by Gasteiger charge is 2.79. The Labute approximate surface area is 152 Å². The SMILES string of the molecule is CCOC(=O)C(F)(F)C(F)(F)C(F)(F)C(=O)N(C)C(C)Cc1ccccc1. The average Bonchev–Trinajstić information content (AvgIpc) is 2.60. The predicted octanol–water partition coefficient (Wildman–Crippen LogP) is 3.55. The van der Waals surface area contributed by atoms with Crippen LogP contribution in [-0.4, -0.2) is 54.2 Å². The van der Waals surface area contributed by atoms with Crippen LogP contribution in [0.1, 0.15) is 19.4 Å². The Morgan fingerprint density at radius 3 is 2.04 bits per heavy atom. The Morgan fingerprint density at radius 1 is 1.04 bits per heavy atom. The second kappa shape index (κ2) is 8.18. The summed E-state index contributed by atoms with van der Waals surface area (Å²) in [5.74, 6) is -23.3. The van der Waals surface area contributed by atoms with Crippen molar-refractivity contribution in [1.82, 2.24) is 4.90 Å². The maximum Gasteiger partial charge on any atom is 0.411 e. The molecule has 1 atom stereocenters. The van der Waals surface area contributed by atoms with E-state index in [2.05, 4.69) is 4.74 Å². The number of ether oxygens (including phenoxy) is 1. The summed E-state index contributed by atoms with van der Waals surface area (Å²) >= 11 is 0. The number of hydrogen-bond donors (Lipinski definition) is 0. The molecule has 27 heavy (non-hydrogen) atoms. The number of rotatable bonds is 8. The smallest absolute Gasteiger partial charge is 0.411 e. The fourth-order valence-corrected chi connectivity index (χ4v) is 2.20. The zero-order chi connectivity index (χ0) is 21.0. The van der Waals surface area contributed by atoms with E-state index in [0.29, 0.717) is 5.56 Å². The van der Waals surface area contributed by atoms with Gasteiger partial charge in [0.15, 0.2) is 0 Å². The summed E-state index contributed by atoms with van der Waals surface area (Å²) in [6.45, 7) is 1.61. The number of hydrogen-bond acceptors (Lipinski definition) is 3. The van der Waals surface area contributed by atoms with E-state index in [-0.39, 0.29) is 11.3 Å². The minimum absolute atomic E-state index is 0.0268. The molecule has 1 rings (SSSR count). The first-order chi connectivity index (χ1) is 12.3. The third-order valence-corrected chi connectivity index (χ3v) is 3.94. The van der Waals surface area contributed by atoms with Gasteiger partial charge in [-0.1, -0.05) is 30.3 Å². The van der Waals surface area contributed by atoms with Crippen molar-refractivity contribution in [1.29, 1.82) is 0 Å². The Kier molecular flexibility index (Phi) is 6.90. The second-order valence-corrected chi connectivity index (χ2v) is 5.90. The molecular formula is C17H19F6NO3. The third kappa shape index (κ3) is 4.36. The van der Waals surface area contributed by atoms with Gasteiger partial charge in [0.05, 0.1) is 6.61 Å². The Hall–Kier alpha value is -2.26. The van der Waals surface area contributed by atoms with Gasteiger partial charge in [0.1, 0.15) is 0 Å². The van der Waals surface area contributed by atoms with Gasteiger partial charge < -0.3 is 9.64 Å². The lowest BCUT2D eigenvalue weighted by molar-refractivity contribution is -0.297. The van der Waals surface area contributed by atoms with Crippen molar-refractivity contribution < 1.29 is 40.7 Å². The number of alkyl halides is 6. The van der Waals surface area contributed by atoms with Gasteiger partial charge in [-0.3, -0.25) is 4.79 Å². The lowest BCUT2D eigenvalue weighted by atomic mass is 10.0. The van der Waals surface area contributed by atoms with Crippen molar-refractivity contribution in [2.75, 3.05) is 13.7 Å². The summed E-state index contributed by atoms with van der Waals surface area (Å²) in [4.78, 5) is 23.1. The minimum atomic E-state index is -6.27. The van der Waals surface area contributed by atoms with Crippen molar-refractivity contribution in [3.8, 4) is 0 Å². The standard InChI is InChI=1S/C17H19F6NO3/c1-4-27-14(26)16(20,21)17(22,23)15(18,19)13(25)24(3)11(2)10-12-8-6-5-7-9-12/h5-9,11H,4,10H2,1-3H3. The molecule has 0 saturated heterocycles. The first kappa shape index (κ1) is 22.8. The number of benzene rings is 1. The molecule has 1 amide bonds. The molecule has 10 heteroatoms. The van der Waals surface area contributed by atoms with E-state index in [9.17, 15) is 35.9 Å². The highest BCUT2D eigenvalue weighted by atomic mass is 19.3. The molecule has 0 bridgehead atoms. The van der Waals surface area contributed by atoms with Crippen LogP contribution in [0.5, 0.6) is 0 Å².